The van der Waals surface area contributed by atoms with E-state index in [0.717, 1.165) is 37.6 Å². The van der Waals surface area contributed by atoms with E-state index in [0.29, 0.717) is 12.3 Å². The van der Waals surface area contributed by atoms with Crippen molar-refractivity contribution >= 4 is 5.91 Å². The molecule has 2 aromatic carbocycles. The highest BCUT2D eigenvalue weighted by Gasteiger charge is 2.21. The maximum atomic E-state index is 13.4. The van der Waals surface area contributed by atoms with Crippen molar-refractivity contribution in [3.8, 4) is 5.75 Å². The highest BCUT2D eigenvalue weighted by Crippen LogP contribution is 2.24. The number of halogens is 2. The van der Waals surface area contributed by atoms with Crippen LogP contribution in [-0.4, -0.2) is 36.5 Å². The summed E-state index contributed by atoms with van der Waals surface area (Å²) in [6, 6.07) is 12.0. The molecule has 0 unspecified atom stereocenters. The SMILES string of the molecule is CC(C)(C)c1ccc(OCC(=O)NC2CCN(Cc3ccc(F)c(F)c3)CC2)cc1. The summed E-state index contributed by atoms with van der Waals surface area (Å²) in [5.41, 5.74) is 2.05. The van der Waals surface area contributed by atoms with Gasteiger partial charge in [-0.1, -0.05) is 39.0 Å². The van der Waals surface area contributed by atoms with Crippen LogP contribution in [0, 0.1) is 11.6 Å². The first kappa shape index (κ1) is 22.2. The van der Waals surface area contributed by atoms with Gasteiger partial charge in [0.05, 0.1) is 0 Å². The summed E-state index contributed by atoms with van der Waals surface area (Å²) in [7, 11) is 0. The van der Waals surface area contributed by atoms with Crippen LogP contribution >= 0.6 is 0 Å². The van der Waals surface area contributed by atoms with Crippen LogP contribution in [0.5, 0.6) is 5.75 Å². The molecular weight excluding hydrogens is 386 g/mol. The van der Waals surface area contributed by atoms with Gasteiger partial charge in [0.15, 0.2) is 18.2 Å². The number of ether oxygens (including phenoxy) is 1. The fourth-order valence-corrected chi connectivity index (χ4v) is 3.60. The Bertz CT molecular complexity index is 854. The number of piperidine rings is 1. The molecule has 1 saturated heterocycles. The van der Waals surface area contributed by atoms with Crippen molar-refractivity contribution in [1.29, 1.82) is 0 Å². The van der Waals surface area contributed by atoms with Gasteiger partial charge in [-0.05, 0) is 53.6 Å². The van der Waals surface area contributed by atoms with E-state index in [1.54, 1.807) is 6.07 Å². The zero-order chi connectivity index (χ0) is 21.7. The molecule has 1 heterocycles. The van der Waals surface area contributed by atoms with Gasteiger partial charge in [0.25, 0.3) is 5.91 Å². The zero-order valence-corrected chi connectivity index (χ0v) is 17.9. The normalized spacial score (nSPS) is 15.8. The Balaban J connectivity index is 1.39. The van der Waals surface area contributed by atoms with Crippen LogP contribution < -0.4 is 10.1 Å². The fraction of sp³-hybridized carbons (Fsp3) is 0.458. The largest absolute Gasteiger partial charge is 0.484 e. The fourth-order valence-electron chi connectivity index (χ4n) is 3.60. The molecule has 1 aliphatic heterocycles. The molecule has 0 radical (unpaired) electrons. The van der Waals surface area contributed by atoms with Crippen molar-refractivity contribution in [1.82, 2.24) is 10.2 Å². The second-order valence-corrected chi connectivity index (χ2v) is 8.93. The molecule has 2 aromatic rings. The maximum absolute atomic E-state index is 13.4. The molecule has 162 valence electrons. The van der Waals surface area contributed by atoms with Crippen molar-refractivity contribution in [3.63, 3.8) is 0 Å². The van der Waals surface area contributed by atoms with Crippen molar-refractivity contribution in [2.24, 2.45) is 0 Å². The maximum Gasteiger partial charge on any atom is 0.258 e. The summed E-state index contributed by atoms with van der Waals surface area (Å²) in [5.74, 6) is -1.09. The Kier molecular flexibility index (Phi) is 7.08. The minimum Gasteiger partial charge on any atom is -0.484 e. The van der Waals surface area contributed by atoms with E-state index in [1.165, 1.54) is 11.6 Å². The number of carbonyl (C=O) groups is 1. The number of likely N-dealkylation sites (tertiary alicyclic amines) is 1. The molecule has 1 fully saturated rings. The van der Waals surface area contributed by atoms with E-state index in [-0.39, 0.29) is 24.0 Å². The molecular formula is C24H30F2N2O2. The lowest BCUT2D eigenvalue weighted by Crippen LogP contribution is -2.45. The minimum atomic E-state index is -0.826. The van der Waals surface area contributed by atoms with E-state index in [4.69, 9.17) is 4.74 Å². The smallest absolute Gasteiger partial charge is 0.258 e. The number of rotatable bonds is 6. The third-order valence-corrected chi connectivity index (χ3v) is 5.43. The molecule has 6 heteroatoms. The van der Waals surface area contributed by atoms with Crippen LogP contribution in [0.2, 0.25) is 0 Å². The third kappa shape index (κ3) is 6.26. The zero-order valence-electron chi connectivity index (χ0n) is 17.9. The third-order valence-electron chi connectivity index (χ3n) is 5.43. The Morgan fingerprint density at radius 2 is 1.73 bits per heavy atom. The molecule has 1 aliphatic rings. The van der Waals surface area contributed by atoms with E-state index in [1.807, 2.05) is 24.3 Å². The first-order valence-corrected chi connectivity index (χ1v) is 10.4. The van der Waals surface area contributed by atoms with Crippen LogP contribution in [0.25, 0.3) is 0 Å². The topological polar surface area (TPSA) is 41.6 Å². The van der Waals surface area contributed by atoms with Crippen LogP contribution in [-0.2, 0) is 16.8 Å². The Morgan fingerprint density at radius 3 is 2.33 bits per heavy atom. The van der Waals surface area contributed by atoms with Crippen LogP contribution in [0.4, 0.5) is 8.78 Å². The quantitative estimate of drug-likeness (QED) is 0.758. The van der Waals surface area contributed by atoms with Gasteiger partial charge in [0, 0.05) is 25.7 Å². The molecule has 3 rings (SSSR count). The van der Waals surface area contributed by atoms with Crippen molar-refractivity contribution in [3.05, 3.63) is 65.2 Å². The van der Waals surface area contributed by atoms with Gasteiger partial charge in [-0.25, -0.2) is 8.78 Å². The van der Waals surface area contributed by atoms with Gasteiger partial charge in [-0.15, -0.1) is 0 Å². The highest BCUT2D eigenvalue weighted by atomic mass is 19.2. The number of benzene rings is 2. The molecule has 0 bridgehead atoms. The number of amides is 1. The molecule has 0 aromatic heterocycles. The van der Waals surface area contributed by atoms with E-state index in [9.17, 15) is 13.6 Å². The standard InChI is InChI=1S/C24H30F2N2O2/c1-24(2,3)18-5-7-20(8-6-18)30-16-23(29)27-19-10-12-28(13-11-19)15-17-4-9-21(25)22(26)14-17/h4-9,14,19H,10-13,15-16H2,1-3H3,(H,27,29). The van der Waals surface area contributed by atoms with Crippen LogP contribution in [0.15, 0.2) is 42.5 Å². The first-order valence-electron chi connectivity index (χ1n) is 10.4. The molecule has 0 atom stereocenters. The molecule has 30 heavy (non-hydrogen) atoms. The number of carbonyl (C=O) groups excluding carboxylic acids is 1. The summed E-state index contributed by atoms with van der Waals surface area (Å²) in [4.78, 5) is 14.4. The lowest BCUT2D eigenvalue weighted by atomic mass is 9.87. The van der Waals surface area contributed by atoms with Gasteiger partial charge >= 0.3 is 0 Å². The number of nitrogens with one attached hydrogen (secondary N) is 1. The number of hydrogen-bond acceptors (Lipinski definition) is 3. The van der Waals surface area contributed by atoms with Gasteiger partial charge < -0.3 is 10.1 Å². The molecule has 4 nitrogen and oxygen atoms in total. The van der Waals surface area contributed by atoms with Gasteiger partial charge in [-0.2, -0.15) is 0 Å². The summed E-state index contributed by atoms with van der Waals surface area (Å²) < 4.78 is 32.0. The molecule has 0 spiro atoms. The van der Waals surface area contributed by atoms with E-state index < -0.39 is 11.6 Å². The van der Waals surface area contributed by atoms with Gasteiger partial charge in [-0.3, -0.25) is 9.69 Å². The summed E-state index contributed by atoms with van der Waals surface area (Å²) >= 11 is 0. The first-order chi connectivity index (χ1) is 14.2. The summed E-state index contributed by atoms with van der Waals surface area (Å²) in [6.07, 6.45) is 1.63. The second kappa shape index (κ2) is 9.56. The minimum absolute atomic E-state index is 0.00999. The predicted molar refractivity (Wildman–Crippen MR) is 113 cm³/mol. The van der Waals surface area contributed by atoms with Crippen molar-refractivity contribution in [2.75, 3.05) is 19.7 Å². The Morgan fingerprint density at radius 1 is 1.07 bits per heavy atom. The average molecular weight is 417 g/mol. The van der Waals surface area contributed by atoms with E-state index in [2.05, 4.69) is 31.0 Å². The molecule has 0 aliphatic carbocycles. The van der Waals surface area contributed by atoms with Gasteiger partial charge in [0.2, 0.25) is 0 Å². The summed E-state index contributed by atoms with van der Waals surface area (Å²) in [5, 5.41) is 3.03. The second-order valence-electron chi connectivity index (χ2n) is 8.93. The molecule has 1 amide bonds. The monoisotopic (exact) mass is 416 g/mol. The van der Waals surface area contributed by atoms with Crippen LogP contribution in [0.3, 0.4) is 0 Å². The van der Waals surface area contributed by atoms with Gasteiger partial charge in [0.1, 0.15) is 5.75 Å². The number of nitrogens with zero attached hydrogens (tertiary/aromatic N) is 1. The molecule has 1 N–H and O–H groups in total. The Labute approximate surface area is 177 Å². The highest BCUT2D eigenvalue weighted by molar-refractivity contribution is 5.77. The average Bonchev–Trinajstić information content (AvgIpc) is 2.70. The van der Waals surface area contributed by atoms with Crippen LogP contribution in [0.1, 0.15) is 44.7 Å². The van der Waals surface area contributed by atoms with Crippen molar-refractivity contribution < 1.29 is 18.3 Å². The Hall–Kier alpha value is -2.47. The molecule has 0 saturated carbocycles. The van der Waals surface area contributed by atoms with E-state index >= 15 is 0 Å². The summed E-state index contributed by atoms with van der Waals surface area (Å²) in [6.45, 7) is 8.60. The lowest BCUT2D eigenvalue weighted by Gasteiger charge is -2.32. The lowest BCUT2D eigenvalue weighted by molar-refractivity contribution is -0.124. The van der Waals surface area contributed by atoms with Crippen molar-refractivity contribution in [2.45, 2.75) is 51.6 Å². The number of hydrogen-bond donors (Lipinski definition) is 1. The predicted octanol–water partition coefficient (Wildman–Crippen LogP) is 4.42.